The van der Waals surface area contributed by atoms with E-state index in [2.05, 4.69) is 9.97 Å². The molecule has 0 bridgehead atoms. The first-order valence-electron chi connectivity index (χ1n) is 8.07. The minimum absolute atomic E-state index is 0.115. The number of hydrogen-bond acceptors (Lipinski definition) is 4. The van der Waals surface area contributed by atoms with Crippen molar-refractivity contribution in [1.29, 1.82) is 0 Å². The van der Waals surface area contributed by atoms with E-state index in [1.165, 1.54) is 6.08 Å². The highest BCUT2D eigenvalue weighted by Gasteiger charge is 2.00. The molecule has 7 heteroatoms. The van der Waals surface area contributed by atoms with Crippen molar-refractivity contribution in [3.63, 3.8) is 0 Å². The van der Waals surface area contributed by atoms with Gasteiger partial charge in [0, 0.05) is 0 Å². The molecule has 1 aromatic heterocycles. The Morgan fingerprint density at radius 1 is 0.852 bits per heavy atom. The number of ether oxygens (including phenoxy) is 1. The van der Waals surface area contributed by atoms with Crippen molar-refractivity contribution in [1.82, 2.24) is 9.97 Å². The Balaban J connectivity index is 1.92. The minimum Gasteiger partial charge on any atom is -0.482 e. The quantitative estimate of drug-likeness (QED) is 0.598. The summed E-state index contributed by atoms with van der Waals surface area (Å²) in [6.45, 7) is -0.435. The Hall–Kier alpha value is -3.87. The first-order valence-corrected chi connectivity index (χ1v) is 8.07. The second-order valence-electron chi connectivity index (χ2n) is 5.69. The number of H-pyrrole nitrogens is 2. The monoisotopic (exact) mass is 364 g/mol. The van der Waals surface area contributed by atoms with Crippen LogP contribution in [0.2, 0.25) is 0 Å². The van der Waals surface area contributed by atoms with Gasteiger partial charge in [-0.05, 0) is 35.4 Å². The summed E-state index contributed by atoms with van der Waals surface area (Å²) < 4.78 is 5.04. The highest BCUT2D eigenvalue weighted by atomic mass is 16.5. The topological polar surface area (TPSA) is 112 Å². The van der Waals surface area contributed by atoms with Gasteiger partial charge in [-0.1, -0.05) is 42.5 Å². The van der Waals surface area contributed by atoms with Crippen LogP contribution < -0.4 is 26.6 Å². The number of benzene rings is 2. The molecule has 27 heavy (non-hydrogen) atoms. The van der Waals surface area contributed by atoms with E-state index in [0.717, 1.165) is 5.56 Å². The van der Waals surface area contributed by atoms with Gasteiger partial charge in [0.05, 0.1) is 0 Å². The Bertz CT molecular complexity index is 1180. The number of aromatic amines is 2. The third-order valence-corrected chi connectivity index (χ3v) is 3.65. The van der Waals surface area contributed by atoms with Gasteiger partial charge in [-0.25, -0.2) is 4.79 Å². The summed E-state index contributed by atoms with van der Waals surface area (Å²) in [4.78, 5) is 40.1. The molecular weight excluding hydrogens is 348 g/mol. The number of carbonyl (C=O) groups is 1. The Morgan fingerprint density at radius 2 is 1.37 bits per heavy atom. The summed E-state index contributed by atoms with van der Waals surface area (Å²) in [5.41, 5.74) is 0.611. The smallest absolute Gasteiger partial charge is 0.341 e. The number of hydrogen-bond donors (Lipinski definition) is 3. The molecular formula is C20H16N2O5. The van der Waals surface area contributed by atoms with Crippen LogP contribution in [0.4, 0.5) is 0 Å². The van der Waals surface area contributed by atoms with Gasteiger partial charge in [0.2, 0.25) is 0 Å². The largest absolute Gasteiger partial charge is 0.482 e. The van der Waals surface area contributed by atoms with Crippen LogP contribution in [0.5, 0.6) is 5.75 Å². The molecule has 0 amide bonds. The zero-order valence-corrected chi connectivity index (χ0v) is 14.1. The fourth-order valence-corrected chi connectivity index (χ4v) is 2.38. The van der Waals surface area contributed by atoms with Crippen LogP contribution in [0.3, 0.4) is 0 Å². The van der Waals surface area contributed by atoms with Crippen LogP contribution in [0.25, 0.3) is 12.2 Å². The molecule has 0 fully saturated rings. The fraction of sp³-hybridized carbons (Fsp3) is 0.0500. The van der Waals surface area contributed by atoms with Gasteiger partial charge in [0.15, 0.2) is 6.61 Å². The molecule has 0 radical (unpaired) electrons. The number of aliphatic carboxylic acids is 1. The predicted molar refractivity (Wildman–Crippen MR) is 100 cm³/mol. The van der Waals surface area contributed by atoms with Gasteiger partial charge >= 0.3 is 5.97 Å². The number of carboxylic acid groups (broad SMARTS) is 1. The zero-order chi connectivity index (χ0) is 19.2. The van der Waals surface area contributed by atoms with E-state index in [9.17, 15) is 14.4 Å². The first kappa shape index (κ1) is 17.9. The van der Waals surface area contributed by atoms with E-state index >= 15 is 0 Å². The van der Waals surface area contributed by atoms with Crippen LogP contribution in [0.1, 0.15) is 11.1 Å². The van der Waals surface area contributed by atoms with Crippen LogP contribution >= 0.6 is 0 Å². The van der Waals surface area contributed by atoms with E-state index in [0.29, 0.717) is 11.3 Å². The Morgan fingerprint density at radius 3 is 1.89 bits per heavy atom. The summed E-state index contributed by atoms with van der Waals surface area (Å²) in [6.07, 6.45) is 3.12. The maximum absolute atomic E-state index is 12.3. The van der Waals surface area contributed by atoms with Crippen molar-refractivity contribution < 1.29 is 14.6 Å². The predicted octanol–water partition coefficient (Wildman–Crippen LogP) is 0.184. The van der Waals surface area contributed by atoms with Crippen molar-refractivity contribution in [2.75, 3.05) is 6.61 Å². The van der Waals surface area contributed by atoms with Gasteiger partial charge < -0.3 is 19.8 Å². The van der Waals surface area contributed by atoms with E-state index in [-0.39, 0.29) is 10.7 Å². The molecule has 0 aliphatic carbocycles. The molecule has 0 atom stereocenters. The van der Waals surface area contributed by atoms with E-state index in [1.54, 1.807) is 30.3 Å². The Kier molecular flexibility index (Phi) is 5.32. The normalized spacial score (nSPS) is 12.1. The molecule has 3 aromatic rings. The van der Waals surface area contributed by atoms with Crippen molar-refractivity contribution in [3.05, 3.63) is 97.1 Å². The average Bonchev–Trinajstić information content (AvgIpc) is 2.66. The van der Waals surface area contributed by atoms with Crippen molar-refractivity contribution in [3.8, 4) is 5.75 Å². The van der Waals surface area contributed by atoms with Crippen LogP contribution in [-0.4, -0.2) is 27.7 Å². The molecule has 0 unspecified atom stereocenters. The zero-order valence-electron chi connectivity index (χ0n) is 14.1. The first-order chi connectivity index (χ1) is 13.0. The summed E-state index contributed by atoms with van der Waals surface area (Å²) >= 11 is 0. The lowest BCUT2D eigenvalue weighted by Gasteiger charge is -2.02. The highest BCUT2D eigenvalue weighted by Crippen LogP contribution is 2.12. The van der Waals surface area contributed by atoms with E-state index in [4.69, 9.17) is 9.84 Å². The average molecular weight is 364 g/mol. The summed E-state index contributed by atoms with van der Waals surface area (Å²) in [7, 11) is 0. The van der Waals surface area contributed by atoms with Gasteiger partial charge in [-0.3, -0.25) is 9.59 Å². The molecule has 0 spiro atoms. The number of carboxylic acids is 1. The summed E-state index contributed by atoms with van der Waals surface area (Å²) in [5, 5.41) is 8.87. The van der Waals surface area contributed by atoms with Crippen molar-refractivity contribution in [2.45, 2.75) is 0 Å². The van der Waals surface area contributed by atoms with E-state index < -0.39 is 23.7 Å². The molecule has 0 aliphatic heterocycles. The van der Waals surface area contributed by atoms with Gasteiger partial charge in [0.1, 0.15) is 16.4 Å². The third kappa shape index (κ3) is 4.82. The number of rotatable bonds is 5. The molecule has 7 nitrogen and oxygen atoms in total. The molecule has 0 saturated carbocycles. The van der Waals surface area contributed by atoms with Crippen LogP contribution in [-0.2, 0) is 4.79 Å². The van der Waals surface area contributed by atoms with E-state index in [1.807, 2.05) is 30.3 Å². The summed E-state index contributed by atoms with van der Waals surface area (Å²) in [6, 6.07) is 15.7. The van der Waals surface area contributed by atoms with Gasteiger partial charge in [-0.2, -0.15) is 0 Å². The van der Waals surface area contributed by atoms with Crippen LogP contribution in [0, 0.1) is 0 Å². The lowest BCUT2D eigenvalue weighted by molar-refractivity contribution is -0.139. The molecule has 0 aliphatic rings. The lowest BCUT2D eigenvalue weighted by atomic mass is 10.2. The fourth-order valence-electron chi connectivity index (χ4n) is 2.38. The minimum atomic E-state index is -1.07. The maximum Gasteiger partial charge on any atom is 0.341 e. The maximum atomic E-state index is 12.3. The standard InChI is InChI=1S/C20H16N2O5/c23-18(24)12-27-15-8-6-14(7-9-15)11-17-20(26)21-16(19(25)22-17)10-13-4-2-1-3-5-13/h1-11H,12H2,(H,21,26)(H,22,25)(H,23,24). The molecule has 0 saturated heterocycles. The van der Waals surface area contributed by atoms with Crippen LogP contribution in [0.15, 0.2) is 64.2 Å². The molecule has 1 heterocycles. The van der Waals surface area contributed by atoms with Crippen molar-refractivity contribution in [2.24, 2.45) is 0 Å². The number of aromatic nitrogens is 2. The molecule has 2 aromatic carbocycles. The van der Waals surface area contributed by atoms with Gasteiger partial charge in [-0.15, -0.1) is 0 Å². The van der Waals surface area contributed by atoms with Gasteiger partial charge in [0.25, 0.3) is 11.1 Å². The Labute approximate surface area is 152 Å². The molecule has 136 valence electrons. The van der Waals surface area contributed by atoms with Crippen molar-refractivity contribution >= 4 is 18.1 Å². The number of nitrogens with one attached hydrogen (secondary N) is 2. The third-order valence-electron chi connectivity index (χ3n) is 3.65. The SMILES string of the molecule is O=C(O)COc1ccc(C=c2[nH]c(=O)c(=Cc3ccccc3)[nH]c2=O)cc1. The lowest BCUT2D eigenvalue weighted by Crippen LogP contribution is -2.46. The second-order valence-corrected chi connectivity index (χ2v) is 5.69. The molecule has 3 N–H and O–H groups in total. The highest BCUT2D eigenvalue weighted by molar-refractivity contribution is 5.68. The second kappa shape index (κ2) is 8.01. The molecule has 3 rings (SSSR count). The summed E-state index contributed by atoms with van der Waals surface area (Å²) in [5.74, 6) is -0.674.